The number of benzene rings is 1. The third-order valence-corrected chi connectivity index (χ3v) is 2.47. The van der Waals surface area contributed by atoms with Gasteiger partial charge in [-0.1, -0.05) is 11.6 Å². The number of aromatic hydroxyl groups is 1. The van der Waals surface area contributed by atoms with E-state index in [9.17, 15) is 0 Å². The van der Waals surface area contributed by atoms with Crippen molar-refractivity contribution < 1.29 is 5.11 Å². The van der Waals surface area contributed by atoms with Gasteiger partial charge in [-0.05, 0) is 28.1 Å². The van der Waals surface area contributed by atoms with E-state index in [0.29, 0.717) is 14.4 Å². The fourth-order valence-electron chi connectivity index (χ4n) is 0.527. The van der Waals surface area contributed by atoms with Crippen molar-refractivity contribution >= 4 is 40.2 Å². The molecule has 0 aliphatic heterocycles. The Hall–Kier alpha value is 0.140. The first kappa shape index (κ1) is 8.24. The monoisotopic (exact) mass is 238 g/mol. The minimum Gasteiger partial charge on any atom is -0.507 e. The second kappa shape index (κ2) is 3.03. The van der Waals surface area contributed by atoms with Crippen molar-refractivity contribution in [3.63, 3.8) is 0 Å². The molecule has 1 N–H and O–H groups in total. The smallest absolute Gasteiger partial charge is 0.130 e. The van der Waals surface area contributed by atoms with Gasteiger partial charge in [-0.2, -0.15) is 0 Å². The lowest BCUT2D eigenvalue weighted by molar-refractivity contribution is 0.470. The van der Waals surface area contributed by atoms with Gasteiger partial charge in [-0.25, -0.2) is 0 Å². The molecule has 1 aromatic carbocycles. The van der Waals surface area contributed by atoms with Crippen LogP contribution >= 0.6 is 40.2 Å². The molecule has 0 heterocycles. The van der Waals surface area contributed by atoms with Gasteiger partial charge in [0.1, 0.15) is 5.75 Å². The van der Waals surface area contributed by atoms with Crippen molar-refractivity contribution in [2.24, 2.45) is 0 Å². The molecule has 0 aromatic heterocycles. The van der Waals surface area contributed by atoms with Crippen LogP contribution in [0.3, 0.4) is 0 Å². The molecule has 0 unspecified atom stereocenters. The number of hydrogen-bond acceptors (Lipinski definition) is 2. The molecule has 1 rings (SSSR count). The maximum Gasteiger partial charge on any atom is 0.130 e. The van der Waals surface area contributed by atoms with E-state index >= 15 is 0 Å². The molecule has 4 heteroatoms. The van der Waals surface area contributed by atoms with E-state index in [1.807, 2.05) is 0 Å². The summed E-state index contributed by atoms with van der Waals surface area (Å²) in [6.07, 6.45) is 0. The molecular formula is C6H4BrClOS. The number of thiol groups is 1. The van der Waals surface area contributed by atoms with Gasteiger partial charge in [-0.15, -0.1) is 12.6 Å². The minimum absolute atomic E-state index is 0.148. The van der Waals surface area contributed by atoms with Crippen LogP contribution in [0.15, 0.2) is 21.5 Å². The highest BCUT2D eigenvalue weighted by molar-refractivity contribution is 9.10. The average Bonchev–Trinajstić information content (AvgIpc) is 1.84. The van der Waals surface area contributed by atoms with Crippen molar-refractivity contribution in [2.45, 2.75) is 4.90 Å². The first-order chi connectivity index (χ1) is 4.61. The molecule has 0 spiro atoms. The van der Waals surface area contributed by atoms with Crippen LogP contribution < -0.4 is 0 Å². The Morgan fingerprint density at radius 3 is 2.60 bits per heavy atom. The Bertz CT molecular complexity index is 214. The third-order valence-electron chi connectivity index (χ3n) is 1.02. The van der Waals surface area contributed by atoms with Gasteiger partial charge < -0.3 is 5.11 Å². The third kappa shape index (κ3) is 1.59. The number of phenols is 1. The zero-order valence-electron chi connectivity index (χ0n) is 4.81. The number of hydrogen-bond donors (Lipinski definition) is 2. The Morgan fingerprint density at radius 1 is 1.50 bits per heavy atom. The van der Waals surface area contributed by atoms with Gasteiger partial charge in [0.05, 0.1) is 9.50 Å². The van der Waals surface area contributed by atoms with Crippen molar-refractivity contribution in [1.82, 2.24) is 0 Å². The quantitative estimate of drug-likeness (QED) is 0.667. The van der Waals surface area contributed by atoms with Crippen LogP contribution in [0.5, 0.6) is 5.75 Å². The van der Waals surface area contributed by atoms with Crippen LogP contribution in [0.1, 0.15) is 0 Å². The Labute approximate surface area is 77.6 Å². The molecule has 0 atom stereocenters. The fraction of sp³-hybridized carbons (Fsp3) is 0. The number of rotatable bonds is 0. The summed E-state index contributed by atoms with van der Waals surface area (Å²) in [5.74, 6) is 0.148. The van der Waals surface area contributed by atoms with E-state index in [4.69, 9.17) is 16.7 Å². The molecule has 0 aliphatic rings. The van der Waals surface area contributed by atoms with Crippen LogP contribution in [0.4, 0.5) is 0 Å². The molecule has 0 saturated heterocycles. The molecule has 0 bridgehead atoms. The molecule has 0 fully saturated rings. The number of halogens is 2. The molecule has 1 nitrogen and oxygen atoms in total. The topological polar surface area (TPSA) is 20.2 Å². The molecule has 0 radical (unpaired) electrons. The lowest BCUT2D eigenvalue weighted by atomic mass is 10.3. The van der Waals surface area contributed by atoms with Gasteiger partial charge in [0.2, 0.25) is 0 Å². The second-order valence-electron chi connectivity index (χ2n) is 1.76. The summed E-state index contributed by atoms with van der Waals surface area (Å²) in [5.41, 5.74) is 0. The SMILES string of the molecule is Oc1cc(S)c(Cl)cc1Br. The fourth-order valence-corrected chi connectivity index (χ4v) is 1.35. The summed E-state index contributed by atoms with van der Waals surface area (Å²) >= 11 is 12.8. The van der Waals surface area contributed by atoms with E-state index in [1.54, 1.807) is 6.07 Å². The summed E-state index contributed by atoms with van der Waals surface area (Å²) in [5, 5.41) is 9.59. The van der Waals surface area contributed by atoms with E-state index in [2.05, 4.69) is 28.6 Å². The minimum atomic E-state index is 0.148. The second-order valence-corrected chi connectivity index (χ2v) is 3.50. The Morgan fingerprint density at radius 2 is 2.10 bits per heavy atom. The molecular weight excluding hydrogens is 235 g/mol. The standard InChI is InChI=1S/C6H4BrClOS/c7-3-1-4(8)6(10)2-5(3)9/h1-2,9-10H. The predicted octanol–water partition coefficient (Wildman–Crippen LogP) is 3.10. The molecule has 54 valence electrons. The van der Waals surface area contributed by atoms with Crippen LogP contribution in [-0.2, 0) is 0 Å². The van der Waals surface area contributed by atoms with Crippen molar-refractivity contribution in [2.75, 3.05) is 0 Å². The van der Waals surface area contributed by atoms with Crippen LogP contribution in [0.25, 0.3) is 0 Å². The van der Waals surface area contributed by atoms with Gasteiger partial charge >= 0.3 is 0 Å². The van der Waals surface area contributed by atoms with E-state index < -0.39 is 0 Å². The average molecular weight is 240 g/mol. The summed E-state index contributed by atoms with van der Waals surface area (Å²) in [4.78, 5) is 0.572. The van der Waals surface area contributed by atoms with Gasteiger partial charge in [0.15, 0.2) is 0 Å². The first-order valence-corrected chi connectivity index (χ1v) is 4.10. The highest BCUT2D eigenvalue weighted by atomic mass is 79.9. The van der Waals surface area contributed by atoms with E-state index in [-0.39, 0.29) is 5.75 Å². The van der Waals surface area contributed by atoms with Crippen molar-refractivity contribution in [3.8, 4) is 5.75 Å². The van der Waals surface area contributed by atoms with Crippen molar-refractivity contribution in [1.29, 1.82) is 0 Å². The highest BCUT2D eigenvalue weighted by Crippen LogP contribution is 2.31. The maximum absolute atomic E-state index is 9.07. The van der Waals surface area contributed by atoms with Crippen molar-refractivity contribution in [3.05, 3.63) is 21.6 Å². The predicted molar refractivity (Wildman–Crippen MR) is 48.1 cm³/mol. The Balaban J connectivity index is 3.28. The van der Waals surface area contributed by atoms with Gasteiger partial charge in [0, 0.05) is 4.90 Å². The molecule has 0 amide bonds. The molecule has 0 saturated carbocycles. The summed E-state index contributed by atoms with van der Waals surface area (Å²) in [6, 6.07) is 3.08. The zero-order valence-corrected chi connectivity index (χ0v) is 8.04. The van der Waals surface area contributed by atoms with Crippen LogP contribution in [0, 0.1) is 0 Å². The highest BCUT2D eigenvalue weighted by Gasteiger charge is 2.01. The number of phenolic OH excluding ortho intramolecular Hbond substituents is 1. The van der Waals surface area contributed by atoms with E-state index in [1.165, 1.54) is 6.07 Å². The van der Waals surface area contributed by atoms with E-state index in [0.717, 1.165) is 0 Å². The summed E-state index contributed by atoms with van der Waals surface area (Å²) in [7, 11) is 0. The van der Waals surface area contributed by atoms with Crippen LogP contribution in [0.2, 0.25) is 5.02 Å². The van der Waals surface area contributed by atoms with Crippen LogP contribution in [-0.4, -0.2) is 5.11 Å². The lowest BCUT2D eigenvalue weighted by Gasteiger charge is -1.99. The summed E-state index contributed by atoms with van der Waals surface area (Å²) < 4.78 is 0.579. The van der Waals surface area contributed by atoms with Gasteiger partial charge in [-0.3, -0.25) is 0 Å². The molecule has 10 heavy (non-hydrogen) atoms. The maximum atomic E-state index is 9.07. The molecule has 1 aromatic rings. The summed E-state index contributed by atoms with van der Waals surface area (Å²) in [6.45, 7) is 0. The first-order valence-electron chi connectivity index (χ1n) is 2.48. The molecule has 0 aliphatic carbocycles. The normalized spacial score (nSPS) is 9.90. The Kier molecular flexibility index (Phi) is 2.50. The largest absolute Gasteiger partial charge is 0.507 e. The lowest BCUT2D eigenvalue weighted by Crippen LogP contribution is -1.72. The zero-order chi connectivity index (χ0) is 7.72. The van der Waals surface area contributed by atoms with Gasteiger partial charge in [0.25, 0.3) is 0 Å².